The lowest BCUT2D eigenvalue weighted by Crippen LogP contribution is -2.38. The summed E-state index contributed by atoms with van der Waals surface area (Å²) in [5.74, 6) is 1.76. The monoisotopic (exact) mass is 330 g/mol. The van der Waals surface area contributed by atoms with E-state index in [0.29, 0.717) is 6.54 Å². The lowest BCUT2D eigenvalue weighted by atomic mass is 10.2. The van der Waals surface area contributed by atoms with Crippen LogP contribution in [0.1, 0.15) is 12.5 Å². The van der Waals surface area contributed by atoms with Crippen molar-refractivity contribution in [1.82, 2.24) is 10.6 Å². The lowest BCUT2D eigenvalue weighted by molar-refractivity contribution is 0.598. The molecule has 0 unspecified atom stereocenters. The fourth-order valence-electron chi connectivity index (χ4n) is 1.57. The van der Waals surface area contributed by atoms with Crippen LogP contribution in [-0.2, 0) is 16.6 Å². The number of nitrogens with zero attached hydrogens (tertiary/aromatic N) is 1. The van der Waals surface area contributed by atoms with Crippen LogP contribution in [-0.4, -0.2) is 39.5 Å². The Morgan fingerprint density at radius 1 is 1.29 bits per heavy atom. The van der Waals surface area contributed by atoms with E-state index in [-0.39, 0.29) is 4.90 Å². The minimum atomic E-state index is -3.64. The molecule has 8 heteroatoms. The molecule has 0 atom stereocenters. The molecule has 0 radical (unpaired) electrons. The van der Waals surface area contributed by atoms with Crippen molar-refractivity contribution >= 4 is 27.7 Å². The first-order valence-electron chi connectivity index (χ1n) is 6.60. The van der Waals surface area contributed by atoms with E-state index in [4.69, 9.17) is 5.14 Å². The number of guanidine groups is 1. The minimum absolute atomic E-state index is 0.111. The molecule has 0 spiro atoms. The molecule has 6 nitrogen and oxygen atoms in total. The predicted molar refractivity (Wildman–Crippen MR) is 89.0 cm³/mol. The molecule has 0 heterocycles. The third-order valence-electron chi connectivity index (χ3n) is 2.61. The molecule has 0 aliphatic carbocycles. The van der Waals surface area contributed by atoms with Crippen molar-refractivity contribution in [3.8, 4) is 0 Å². The number of nitrogens with two attached hydrogens (primary N) is 1. The van der Waals surface area contributed by atoms with Gasteiger partial charge >= 0.3 is 0 Å². The largest absolute Gasteiger partial charge is 0.357 e. The van der Waals surface area contributed by atoms with Crippen molar-refractivity contribution in [3.05, 3.63) is 29.8 Å². The summed E-state index contributed by atoms with van der Waals surface area (Å²) in [5, 5.41) is 11.5. The van der Waals surface area contributed by atoms with Crippen molar-refractivity contribution < 1.29 is 8.42 Å². The van der Waals surface area contributed by atoms with Gasteiger partial charge in [-0.3, -0.25) is 0 Å². The van der Waals surface area contributed by atoms with Crippen LogP contribution in [0.5, 0.6) is 0 Å². The molecule has 0 fully saturated rings. The molecule has 1 rings (SSSR count). The Morgan fingerprint density at radius 3 is 2.48 bits per heavy atom. The molecule has 0 saturated heterocycles. The van der Waals surface area contributed by atoms with E-state index in [1.807, 2.05) is 6.92 Å². The molecule has 1 aromatic carbocycles. The summed E-state index contributed by atoms with van der Waals surface area (Å²) < 4.78 is 22.3. The molecular weight excluding hydrogens is 308 g/mol. The first kappa shape index (κ1) is 17.8. The van der Waals surface area contributed by atoms with Gasteiger partial charge < -0.3 is 10.6 Å². The summed E-state index contributed by atoms with van der Waals surface area (Å²) in [6.07, 6.45) is 2.05. The number of rotatable bonds is 7. The predicted octanol–water partition coefficient (Wildman–Crippen LogP) is 0.752. The number of aliphatic imine (C=N–C) groups is 1. The van der Waals surface area contributed by atoms with Gasteiger partial charge in [-0.2, -0.15) is 11.8 Å². The Labute approximate surface area is 130 Å². The van der Waals surface area contributed by atoms with Crippen LogP contribution in [0.2, 0.25) is 0 Å². The van der Waals surface area contributed by atoms with E-state index < -0.39 is 10.0 Å². The second kappa shape index (κ2) is 8.91. The van der Waals surface area contributed by atoms with E-state index in [1.165, 1.54) is 12.1 Å². The summed E-state index contributed by atoms with van der Waals surface area (Å²) in [6.45, 7) is 4.11. The van der Waals surface area contributed by atoms with Gasteiger partial charge in [-0.05, 0) is 30.9 Å². The van der Waals surface area contributed by atoms with Gasteiger partial charge in [0.25, 0.3) is 0 Å². The number of hydrogen-bond donors (Lipinski definition) is 3. The van der Waals surface area contributed by atoms with Crippen LogP contribution >= 0.6 is 11.8 Å². The number of hydrogen-bond acceptors (Lipinski definition) is 4. The van der Waals surface area contributed by atoms with Crippen LogP contribution in [0.4, 0.5) is 0 Å². The number of sulfonamides is 1. The molecule has 0 aliphatic rings. The van der Waals surface area contributed by atoms with Gasteiger partial charge in [-0.15, -0.1) is 0 Å². The van der Waals surface area contributed by atoms with Gasteiger partial charge in [-0.1, -0.05) is 12.1 Å². The SMILES string of the molecule is CCNC(=NCc1ccc(S(N)(=O)=O)cc1)NCCSC. The number of nitrogens with one attached hydrogen (secondary N) is 2. The quantitative estimate of drug-likeness (QED) is 0.389. The summed E-state index contributed by atoms with van der Waals surface area (Å²) >= 11 is 1.77. The zero-order chi connectivity index (χ0) is 15.7. The molecule has 118 valence electrons. The average molecular weight is 330 g/mol. The minimum Gasteiger partial charge on any atom is -0.357 e. The van der Waals surface area contributed by atoms with Crippen molar-refractivity contribution in [2.75, 3.05) is 25.1 Å². The standard InChI is InChI=1S/C13H22N4O2S2/c1-3-15-13(16-8-9-20-2)17-10-11-4-6-12(7-5-11)21(14,18)19/h4-7H,3,8-10H2,1-2H3,(H2,14,18,19)(H2,15,16,17). The second-order valence-corrected chi connectivity index (χ2v) is 6.85. The third-order valence-corrected chi connectivity index (χ3v) is 4.16. The van der Waals surface area contributed by atoms with Crippen molar-refractivity contribution in [2.24, 2.45) is 10.1 Å². The maximum absolute atomic E-state index is 11.2. The normalized spacial score (nSPS) is 12.2. The molecule has 0 bridgehead atoms. The van der Waals surface area contributed by atoms with Gasteiger partial charge in [-0.25, -0.2) is 18.5 Å². The molecule has 0 aliphatic heterocycles. The number of primary sulfonamides is 1. The zero-order valence-corrected chi connectivity index (χ0v) is 13.9. The van der Waals surface area contributed by atoms with Crippen LogP contribution in [0.15, 0.2) is 34.2 Å². The second-order valence-electron chi connectivity index (χ2n) is 4.30. The van der Waals surface area contributed by atoms with E-state index in [1.54, 1.807) is 23.9 Å². The first-order valence-corrected chi connectivity index (χ1v) is 9.54. The maximum atomic E-state index is 11.2. The molecule has 0 aromatic heterocycles. The summed E-state index contributed by atoms with van der Waals surface area (Å²) in [5.41, 5.74) is 0.921. The molecule has 21 heavy (non-hydrogen) atoms. The number of thioether (sulfide) groups is 1. The maximum Gasteiger partial charge on any atom is 0.238 e. The zero-order valence-electron chi connectivity index (χ0n) is 12.3. The van der Waals surface area contributed by atoms with E-state index in [9.17, 15) is 8.42 Å². The van der Waals surface area contributed by atoms with Gasteiger partial charge in [0, 0.05) is 18.8 Å². The Kier molecular flexibility index (Phi) is 7.55. The first-order chi connectivity index (χ1) is 9.97. The van der Waals surface area contributed by atoms with Crippen LogP contribution < -0.4 is 15.8 Å². The molecule has 0 saturated carbocycles. The van der Waals surface area contributed by atoms with Crippen molar-refractivity contribution in [2.45, 2.75) is 18.4 Å². The highest BCUT2D eigenvalue weighted by molar-refractivity contribution is 7.98. The topological polar surface area (TPSA) is 96.6 Å². The summed E-state index contributed by atoms with van der Waals surface area (Å²) in [7, 11) is -3.64. The van der Waals surface area contributed by atoms with E-state index >= 15 is 0 Å². The van der Waals surface area contributed by atoms with Crippen molar-refractivity contribution in [3.63, 3.8) is 0 Å². The Bertz CT molecular complexity index is 556. The molecule has 0 amide bonds. The van der Waals surface area contributed by atoms with E-state index in [0.717, 1.165) is 30.4 Å². The third kappa shape index (κ3) is 6.83. The Balaban J connectivity index is 2.67. The molecular formula is C13H22N4O2S2. The Hall–Kier alpha value is -1.25. The molecule has 4 N–H and O–H groups in total. The smallest absolute Gasteiger partial charge is 0.238 e. The fraction of sp³-hybridized carbons (Fsp3) is 0.462. The van der Waals surface area contributed by atoms with Crippen LogP contribution in [0.25, 0.3) is 0 Å². The summed E-state index contributed by atoms with van der Waals surface area (Å²) in [6, 6.07) is 6.42. The van der Waals surface area contributed by atoms with E-state index in [2.05, 4.69) is 21.9 Å². The van der Waals surface area contributed by atoms with Crippen LogP contribution in [0.3, 0.4) is 0 Å². The highest BCUT2D eigenvalue weighted by Gasteiger charge is 2.06. The van der Waals surface area contributed by atoms with Gasteiger partial charge in [0.15, 0.2) is 5.96 Å². The highest BCUT2D eigenvalue weighted by atomic mass is 32.2. The van der Waals surface area contributed by atoms with Crippen LogP contribution in [0, 0.1) is 0 Å². The fourth-order valence-corrected chi connectivity index (χ4v) is 2.39. The van der Waals surface area contributed by atoms with Gasteiger partial charge in [0.1, 0.15) is 0 Å². The Morgan fingerprint density at radius 2 is 1.95 bits per heavy atom. The lowest BCUT2D eigenvalue weighted by Gasteiger charge is -2.10. The highest BCUT2D eigenvalue weighted by Crippen LogP contribution is 2.09. The molecule has 1 aromatic rings. The number of benzene rings is 1. The van der Waals surface area contributed by atoms with Gasteiger partial charge in [0.2, 0.25) is 10.0 Å². The van der Waals surface area contributed by atoms with Gasteiger partial charge in [0.05, 0.1) is 11.4 Å². The summed E-state index contributed by atoms with van der Waals surface area (Å²) in [4.78, 5) is 4.56. The van der Waals surface area contributed by atoms with Crippen molar-refractivity contribution in [1.29, 1.82) is 0 Å². The average Bonchev–Trinajstić information content (AvgIpc) is 2.44.